The molecule has 0 radical (unpaired) electrons. The number of ether oxygens (including phenoxy) is 1. The molecular formula is C14H23N3OS. The summed E-state index contributed by atoms with van der Waals surface area (Å²) in [6.45, 7) is 1.11. The topological polar surface area (TPSA) is 47.0 Å². The van der Waals surface area contributed by atoms with Crippen molar-refractivity contribution in [1.29, 1.82) is 0 Å². The molecule has 2 aliphatic carbocycles. The third-order valence-electron chi connectivity index (χ3n) is 4.26. The Morgan fingerprint density at radius 1 is 1.32 bits per heavy atom. The Bertz CT molecular complexity index is 407. The minimum atomic E-state index is 0.0737. The van der Waals surface area contributed by atoms with Crippen LogP contribution in [-0.4, -0.2) is 35.5 Å². The van der Waals surface area contributed by atoms with E-state index in [2.05, 4.69) is 15.5 Å². The predicted octanol–water partition coefficient (Wildman–Crippen LogP) is 2.33. The van der Waals surface area contributed by atoms with Crippen molar-refractivity contribution >= 4 is 11.3 Å². The zero-order chi connectivity index (χ0) is 13.1. The Morgan fingerprint density at radius 3 is 2.74 bits per heavy atom. The van der Waals surface area contributed by atoms with Gasteiger partial charge in [0.15, 0.2) is 0 Å². The number of aromatic nitrogens is 2. The first-order valence-corrected chi connectivity index (χ1v) is 8.21. The summed E-state index contributed by atoms with van der Waals surface area (Å²) in [4.78, 5) is 0. The molecule has 106 valence electrons. The lowest BCUT2D eigenvalue weighted by Gasteiger charge is -2.39. The lowest BCUT2D eigenvalue weighted by molar-refractivity contribution is -0.0709. The van der Waals surface area contributed by atoms with Crippen LogP contribution in [0.15, 0.2) is 0 Å². The van der Waals surface area contributed by atoms with E-state index in [-0.39, 0.29) is 5.60 Å². The maximum atomic E-state index is 5.65. The summed E-state index contributed by atoms with van der Waals surface area (Å²) >= 11 is 1.77. The lowest BCUT2D eigenvalue weighted by Crippen LogP contribution is -2.41. The van der Waals surface area contributed by atoms with Crippen molar-refractivity contribution in [1.82, 2.24) is 15.5 Å². The molecule has 5 heteroatoms. The highest BCUT2D eigenvalue weighted by Gasteiger charge is 2.38. The lowest BCUT2D eigenvalue weighted by atomic mass is 9.78. The second kappa shape index (κ2) is 5.85. The Labute approximate surface area is 119 Å². The Hall–Kier alpha value is -0.520. The summed E-state index contributed by atoms with van der Waals surface area (Å²) in [6, 6.07) is 0.810. The van der Waals surface area contributed by atoms with Gasteiger partial charge in [-0.1, -0.05) is 0 Å². The summed E-state index contributed by atoms with van der Waals surface area (Å²) in [5.41, 5.74) is 0.0737. The monoisotopic (exact) mass is 281 g/mol. The van der Waals surface area contributed by atoms with Crippen LogP contribution < -0.4 is 5.32 Å². The van der Waals surface area contributed by atoms with Crippen LogP contribution in [0.25, 0.3) is 0 Å². The highest BCUT2D eigenvalue weighted by Crippen LogP contribution is 2.38. The van der Waals surface area contributed by atoms with Crippen LogP contribution in [-0.2, 0) is 17.6 Å². The second-order valence-corrected chi connectivity index (χ2v) is 6.99. The van der Waals surface area contributed by atoms with Crippen molar-refractivity contribution in [3.63, 3.8) is 0 Å². The molecule has 1 aromatic rings. The van der Waals surface area contributed by atoms with Crippen molar-refractivity contribution in [3.05, 3.63) is 10.0 Å². The van der Waals surface area contributed by atoms with Crippen LogP contribution in [0.1, 0.15) is 48.5 Å². The van der Waals surface area contributed by atoms with E-state index in [0.29, 0.717) is 0 Å². The molecule has 4 nitrogen and oxygen atoms in total. The van der Waals surface area contributed by atoms with Gasteiger partial charge in [-0.15, -0.1) is 21.5 Å². The summed E-state index contributed by atoms with van der Waals surface area (Å²) in [5.74, 6) is 0. The quantitative estimate of drug-likeness (QED) is 0.743. The van der Waals surface area contributed by atoms with Crippen LogP contribution >= 0.6 is 11.3 Å². The van der Waals surface area contributed by atoms with Gasteiger partial charge in [0.1, 0.15) is 10.0 Å². The zero-order valence-electron chi connectivity index (χ0n) is 11.7. The molecule has 0 unspecified atom stereocenters. The zero-order valence-corrected chi connectivity index (χ0v) is 12.5. The summed E-state index contributed by atoms with van der Waals surface area (Å²) < 4.78 is 5.65. The molecule has 0 aliphatic heterocycles. The number of methoxy groups -OCH3 is 1. The predicted molar refractivity (Wildman–Crippen MR) is 76.5 cm³/mol. The third-order valence-corrected chi connectivity index (χ3v) is 5.24. The van der Waals surface area contributed by atoms with Gasteiger partial charge in [-0.3, -0.25) is 0 Å². The van der Waals surface area contributed by atoms with Crippen molar-refractivity contribution < 1.29 is 4.74 Å². The van der Waals surface area contributed by atoms with Crippen molar-refractivity contribution in [3.8, 4) is 0 Å². The van der Waals surface area contributed by atoms with Crippen molar-refractivity contribution in [2.24, 2.45) is 0 Å². The molecule has 0 atom stereocenters. The summed E-state index contributed by atoms with van der Waals surface area (Å²) in [6.07, 6.45) is 9.52. The maximum Gasteiger partial charge on any atom is 0.120 e. The van der Waals surface area contributed by atoms with Crippen molar-refractivity contribution in [2.45, 2.75) is 63.0 Å². The second-order valence-electron chi connectivity index (χ2n) is 5.84. The van der Waals surface area contributed by atoms with Gasteiger partial charge in [0.25, 0.3) is 0 Å². The Balaban J connectivity index is 1.43. The fourth-order valence-electron chi connectivity index (χ4n) is 2.59. The number of nitrogens with zero attached hydrogens (tertiary/aromatic N) is 2. The average Bonchev–Trinajstić information content (AvgIpc) is 3.09. The SMILES string of the molecule is COC1(Cc2nnc(CCCNC3CC3)s2)CCC1. The molecule has 2 fully saturated rings. The number of nitrogens with one attached hydrogen (secondary N) is 1. The molecule has 0 amide bonds. The largest absolute Gasteiger partial charge is 0.378 e. The number of hydrogen-bond acceptors (Lipinski definition) is 5. The molecule has 2 aliphatic rings. The van der Waals surface area contributed by atoms with Gasteiger partial charge < -0.3 is 10.1 Å². The molecule has 3 rings (SSSR count). The van der Waals surface area contributed by atoms with Crippen LogP contribution in [0.4, 0.5) is 0 Å². The van der Waals surface area contributed by atoms with Gasteiger partial charge in [0.05, 0.1) is 5.60 Å². The first kappa shape index (κ1) is 13.5. The van der Waals surface area contributed by atoms with Gasteiger partial charge in [-0.2, -0.15) is 0 Å². The van der Waals surface area contributed by atoms with Gasteiger partial charge >= 0.3 is 0 Å². The van der Waals surface area contributed by atoms with Gasteiger partial charge in [-0.05, 0) is 45.1 Å². The Kier molecular flexibility index (Phi) is 4.15. The Morgan fingerprint density at radius 2 is 2.11 bits per heavy atom. The van der Waals surface area contributed by atoms with Crippen molar-refractivity contribution in [2.75, 3.05) is 13.7 Å². The molecule has 1 heterocycles. The standard InChI is InChI=1S/C14H23N3OS/c1-18-14(7-3-8-14)10-13-17-16-12(19-13)4-2-9-15-11-5-6-11/h11,15H,2-10H2,1H3. The fraction of sp³-hybridized carbons (Fsp3) is 0.857. The summed E-state index contributed by atoms with van der Waals surface area (Å²) in [7, 11) is 1.82. The fourth-order valence-corrected chi connectivity index (χ4v) is 3.61. The number of hydrogen-bond donors (Lipinski definition) is 1. The first-order chi connectivity index (χ1) is 9.30. The first-order valence-electron chi connectivity index (χ1n) is 7.39. The van der Waals surface area contributed by atoms with Gasteiger partial charge in [0.2, 0.25) is 0 Å². The van der Waals surface area contributed by atoms with Crippen LogP contribution in [0.2, 0.25) is 0 Å². The van der Waals surface area contributed by atoms with E-state index in [4.69, 9.17) is 4.74 Å². The molecule has 0 bridgehead atoms. The van der Waals surface area contributed by atoms with Gasteiger partial charge in [-0.25, -0.2) is 0 Å². The van der Waals surface area contributed by atoms with E-state index < -0.39 is 0 Å². The van der Waals surface area contributed by atoms with E-state index >= 15 is 0 Å². The van der Waals surface area contributed by atoms with E-state index in [0.717, 1.165) is 30.4 Å². The molecule has 2 saturated carbocycles. The third kappa shape index (κ3) is 3.52. The van der Waals surface area contributed by atoms with Crippen LogP contribution in [0.3, 0.4) is 0 Å². The molecule has 0 saturated heterocycles. The minimum absolute atomic E-state index is 0.0737. The number of aryl methyl sites for hydroxylation is 1. The molecule has 19 heavy (non-hydrogen) atoms. The number of rotatable bonds is 8. The van der Waals surface area contributed by atoms with Gasteiger partial charge in [0, 0.05) is 26.0 Å². The highest BCUT2D eigenvalue weighted by atomic mass is 32.1. The normalized spacial score (nSPS) is 21.3. The van der Waals surface area contributed by atoms with E-state index in [1.165, 1.54) is 43.5 Å². The molecule has 0 aromatic carbocycles. The molecular weight excluding hydrogens is 258 g/mol. The van der Waals surface area contributed by atoms with E-state index in [9.17, 15) is 0 Å². The molecule has 1 aromatic heterocycles. The highest BCUT2D eigenvalue weighted by molar-refractivity contribution is 7.11. The minimum Gasteiger partial charge on any atom is -0.378 e. The maximum absolute atomic E-state index is 5.65. The smallest absolute Gasteiger partial charge is 0.120 e. The summed E-state index contributed by atoms with van der Waals surface area (Å²) in [5, 5.41) is 14.5. The average molecular weight is 281 g/mol. The van der Waals surface area contributed by atoms with Crippen LogP contribution in [0, 0.1) is 0 Å². The van der Waals surface area contributed by atoms with E-state index in [1.807, 2.05) is 7.11 Å². The molecule has 0 spiro atoms. The molecule has 1 N–H and O–H groups in total. The van der Waals surface area contributed by atoms with E-state index in [1.54, 1.807) is 11.3 Å². The van der Waals surface area contributed by atoms with Crippen LogP contribution in [0.5, 0.6) is 0 Å².